The van der Waals surface area contributed by atoms with Crippen LogP contribution in [0.25, 0.3) is 0 Å². The maximum absolute atomic E-state index is 8.70. The molecule has 3 nitrogen and oxygen atoms in total. The van der Waals surface area contributed by atoms with Gasteiger partial charge in [0.15, 0.2) is 0 Å². The fourth-order valence-electron chi connectivity index (χ4n) is 0. The van der Waals surface area contributed by atoms with Gasteiger partial charge in [0.25, 0.3) is 0 Å². The van der Waals surface area contributed by atoms with Crippen LogP contribution in [-0.4, -0.2) is 9.79 Å². The van der Waals surface area contributed by atoms with Crippen LogP contribution in [0.4, 0.5) is 0 Å². The molecule has 0 radical (unpaired) electrons. The number of hydrogen-bond acceptors (Lipinski definition) is 1. The average molecular weight is 149 g/mol. The predicted octanol–water partition coefficient (Wildman–Crippen LogP) is -0.255. The van der Waals surface area contributed by atoms with E-state index in [9.17, 15) is 0 Å². The van der Waals surface area contributed by atoms with Crippen LogP contribution in [-0.2, 0) is 4.57 Å². The Kier molecular flexibility index (Phi) is 24.5. The molecule has 0 bridgehead atoms. The van der Waals surface area contributed by atoms with E-state index in [-0.39, 0.29) is 19.8 Å². The van der Waals surface area contributed by atoms with Gasteiger partial charge in [-0.05, 0) is 0 Å². The molecular weight excluding hydrogens is 141 g/mol. The fraction of sp³-hybridized carbons (Fsp3) is 0. The first-order valence-electron chi connectivity index (χ1n) is 0.583. The Hall–Kier alpha value is 0.880. The van der Waals surface area contributed by atoms with Crippen molar-refractivity contribution in [1.82, 2.24) is 0 Å². The van der Waals surface area contributed by atoms with Crippen LogP contribution in [0, 0.1) is 0 Å². The predicted molar refractivity (Wildman–Crippen MR) is 34.3 cm³/mol. The maximum atomic E-state index is 8.70. The first kappa shape index (κ1) is 15.8. The molecule has 0 saturated heterocycles. The summed E-state index contributed by atoms with van der Waals surface area (Å²) in [5.41, 5.74) is 0. The van der Waals surface area contributed by atoms with Crippen LogP contribution in [0.3, 0.4) is 0 Å². The number of rotatable bonds is 0. The van der Waals surface area contributed by atoms with Gasteiger partial charge in [-0.15, -0.1) is 9.79 Å². The summed E-state index contributed by atoms with van der Waals surface area (Å²) >= 11 is 0. The van der Waals surface area contributed by atoms with Crippen molar-refractivity contribution in [3.8, 4) is 0 Å². The minimum absolute atomic E-state index is 0. The van der Waals surface area contributed by atoms with Crippen molar-refractivity contribution in [1.29, 1.82) is 0 Å². The van der Waals surface area contributed by atoms with E-state index in [4.69, 9.17) is 14.4 Å². The van der Waals surface area contributed by atoms with Crippen molar-refractivity contribution in [3.63, 3.8) is 0 Å². The lowest BCUT2D eigenvalue weighted by Gasteiger charge is -1.34. The second-order valence-corrected chi connectivity index (χ2v) is 0.758. The number of hydrogen-bond donors (Lipinski definition) is 2. The molecule has 0 rings (SSSR count). The third-order valence-corrected chi connectivity index (χ3v) is 0. The lowest BCUT2D eigenvalue weighted by atomic mass is 15.8. The zero-order valence-corrected chi connectivity index (χ0v) is 6.89. The Morgan fingerprint density at radius 2 is 1.17 bits per heavy atom. The molecule has 0 spiro atoms. The van der Waals surface area contributed by atoms with Crippen LogP contribution in [0.1, 0.15) is 0 Å². The largest absolute Gasteiger partial charge is 0.692 e. The topological polar surface area (TPSA) is 57.5 Å². The van der Waals surface area contributed by atoms with Crippen LogP contribution in [0.2, 0.25) is 0 Å². The molecule has 2 N–H and O–H groups in total. The molecule has 0 saturated carbocycles. The van der Waals surface area contributed by atoms with E-state index in [0.717, 1.165) is 0 Å². The van der Waals surface area contributed by atoms with Gasteiger partial charge in [-0.25, -0.2) is 0 Å². The minimum Gasteiger partial charge on any atom is -0.153 e. The Bertz CT molecular complexity index is 29.0. The van der Waals surface area contributed by atoms with E-state index >= 15 is 0 Å². The van der Waals surface area contributed by atoms with E-state index in [0.29, 0.717) is 0 Å². The highest BCUT2D eigenvalue weighted by Gasteiger charge is 1.93. The molecule has 0 aliphatic rings. The van der Waals surface area contributed by atoms with Crippen molar-refractivity contribution in [2.45, 2.75) is 0 Å². The zero-order chi connectivity index (χ0) is 3.58. The molecule has 2 unspecified atom stereocenters. The third kappa shape index (κ3) is 94.9. The van der Waals surface area contributed by atoms with Gasteiger partial charge in [0.1, 0.15) is 0 Å². The molecule has 0 aliphatic heterocycles. The Morgan fingerprint density at radius 3 is 1.17 bits per heavy atom. The van der Waals surface area contributed by atoms with Crippen molar-refractivity contribution >= 4 is 28.1 Å². The van der Waals surface area contributed by atoms with Crippen molar-refractivity contribution < 1.29 is 14.4 Å². The summed E-state index contributed by atoms with van der Waals surface area (Å²) in [4.78, 5) is 14.2. The fourth-order valence-corrected chi connectivity index (χ4v) is 0. The monoisotopic (exact) mass is 149 g/mol. The Morgan fingerprint density at radius 1 is 1.17 bits per heavy atom. The first-order chi connectivity index (χ1) is 1.73. The molecule has 0 aromatic heterocycles. The van der Waals surface area contributed by atoms with E-state index in [2.05, 4.69) is 0 Å². The highest BCUT2D eigenvalue weighted by molar-refractivity contribution is 7.30. The Balaban J connectivity index is -0.0000000450. The van der Waals surface area contributed by atoms with Gasteiger partial charge in [-0.2, -0.15) is 19.8 Å². The first-order valence-corrected chi connectivity index (χ1v) is 1.75. The SMILES string of the molecule is O=[P+](O)O.P.P. The van der Waals surface area contributed by atoms with Crippen molar-refractivity contribution in [2.75, 3.05) is 0 Å². The molecule has 6 heavy (non-hydrogen) atoms. The molecular formula is H8O3P3+. The van der Waals surface area contributed by atoms with E-state index in [1.807, 2.05) is 0 Å². The maximum Gasteiger partial charge on any atom is 0.692 e. The normalized spacial score (nSPS) is 4.33. The van der Waals surface area contributed by atoms with Crippen LogP contribution >= 0.6 is 28.1 Å². The smallest absolute Gasteiger partial charge is 0.153 e. The van der Waals surface area contributed by atoms with E-state index in [1.165, 1.54) is 0 Å². The van der Waals surface area contributed by atoms with Gasteiger partial charge in [0.2, 0.25) is 0 Å². The van der Waals surface area contributed by atoms with E-state index in [1.54, 1.807) is 0 Å². The lowest BCUT2D eigenvalue weighted by Crippen LogP contribution is -1.38. The average Bonchev–Trinajstić information content (AvgIpc) is 0.811. The van der Waals surface area contributed by atoms with Crippen molar-refractivity contribution in [3.05, 3.63) is 0 Å². The minimum atomic E-state index is -2.87. The summed E-state index contributed by atoms with van der Waals surface area (Å²) in [5.74, 6) is 0. The van der Waals surface area contributed by atoms with Gasteiger partial charge in [0.05, 0.1) is 0 Å². The summed E-state index contributed by atoms with van der Waals surface area (Å²) in [6.45, 7) is 0. The summed E-state index contributed by atoms with van der Waals surface area (Å²) in [5, 5.41) is 0. The highest BCUT2D eigenvalue weighted by atomic mass is 31.1. The summed E-state index contributed by atoms with van der Waals surface area (Å²) in [6, 6.07) is 0. The molecule has 40 valence electrons. The second kappa shape index (κ2) is 9.30. The van der Waals surface area contributed by atoms with Crippen LogP contribution in [0.5, 0.6) is 0 Å². The molecule has 0 amide bonds. The van der Waals surface area contributed by atoms with Gasteiger partial charge in [-0.3, -0.25) is 0 Å². The summed E-state index contributed by atoms with van der Waals surface area (Å²) < 4.78 is 8.70. The second-order valence-electron chi connectivity index (χ2n) is 0.253. The van der Waals surface area contributed by atoms with Crippen molar-refractivity contribution in [2.24, 2.45) is 0 Å². The summed E-state index contributed by atoms with van der Waals surface area (Å²) in [6.07, 6.45) is 0. The van der Waals surface area contributed by atoms with Gasteiger partial charge >= 0.3 is 8.25 Å². The van der Waals surface area contributed by atoms with Crippen LogP contribution in [0.15, 0.2) is 0 Å². The Labute approximate surface area is 43.3 Å². The van der Waals surface area contributed by atoms with E-state index < -0.39 is 8.25 Å². The van der Waals surface area contributed by atoms with Gasteiger partial charge < -0.3 is 0 Å². The molecule has 0 aliphatic carbocycles. The molecule has 2 atom stereocenters. The highest BCUT2D eigenvalue weighted by Crippen LogP contribution is 1.98. The quantitative estimate of drug-likeness (QED) is 0.466. The van der Waals surface area contributed by atoms with Crippen LogP contribution < -0.4 is 0 Å². The standard InChI is InChI=1S/HO3P.2H3P/c1-4(2)3;;/h(H-,1,2,3);2*1H3/p+1. The van der Waals surface area contributed by atoms with Gasteiger partial charge in [-0.1, -0.05) is 0 Å². The molecule has 0 aromatic carbocycles. The molecule has 0 aromatic rings. The lowest BCUT2D eigenvalue weighted by molar-refractivity contribution is 0.405. The zero-order valence-electron chi connectivity index (χ0n) is 3.16. The third-order valence-electron chi connectivity index (χ3n) is 0. The molecule has 0 fully saturated rings. The summed E-state index contributed by atoms with van der Waals surface area (Å²) in [7, 11) is -2.87. The molecule has 0 heterocycles. The molecule has 6 heteroatoms. The van der Waals surface area contributed by atoms with Gasteiger partial charge in [0, 0.05) is 4.57 Å².